The van der Waals surface area contributed by atoms with Gasteiger partial charge in [0.05, 0.1) is 22.7 Å². The average Bonchev–Trinajstić information content (AvgIpc) is 2.66. The summed E-state index contributed by atoms with van der Waals surface area (Å²) in [6.07, 6.45) is 0.0785. The van der Waals surface area contributed by atoms with E-state index < -0.39 is 0 Å². The summed E-state index contributed by atoms with van der Waals surface area (Å²) in [4.78, 5) is 24.7. The molecule has 28 heavy (non-hydrogen) atoms. The molecule has 0 unspecified atom stereocenters. The molecule has 0 aromatic heterocycles. The largest absolute Gasteiger partial charge is 0.486 e. The van der Waals surface area contributed by atoms with Gasteiger partial charge >= 0.3 is 0 Å². The zero-order chi connectivity index (χ0) is 19.2. The number of carbonyl (C=O) groups excluding carboxylic acids is 2. The van der Waals surface area contributed by atoms with Crippen LogP contribution in [0.5, 0.6) is 11.5 Å². The SMILES string of the molecule is Cl.NCCNC(=O)c1ccccc1NC(=O)Cc1cc(Cl)c2c(c1)OCCO2. The first-order valence-corrected chi connectivity index (χ1v) is 8.91. The molecular formula is C19H21Cl2N3O4. The Morgan fingerprint density at radius 2 is 1.89 bits per heavy atom. The number of hydrogen-bond acceptors (Lipinski definition) is 5. The van der Waals surface area contributed by atoms with Gasteiger partial charge in [-0.25, -0.2) is 0 Å². The van der Waals surface area contributed by atoms with E-state index in [4.69, 9.17) is 26.8 Å². The van der Waals surface area contributed by atoms with Gasteiger partial charge in [-0.2, -0.15) is 0 Å². The van der Waals surface area contributed by atoms with Crippen molar-refractivity contribution in [2.45, 2.75) is 6.42 Å². The fraction of sp³-hybridized carbons (Fsp3) is 0.263. The summed E-state index contributed by atoms with van der Waals surface area (Å²) < 4.78 is 11.0. The number of carbonyl (C=O) groups is 2. The van der Waals surface area contributed by atoms with Gasteiger partial charge in [0.1, 0.15) is 13.2 Å². The molecule has 2 aromatic rings. The van der Waals surface area contributed by atoms with Gasteiger partial charge in [-0.15, -0.1) is 12.4 Å². The molecule has 9 heteroatoms. The molecule has 1 aliphatic heterocycles. The van der Waals surface area contributed by atoms with E-state index in [9.17, 15) is 9.59 Å². The molecule has 1 aliphatic rings. The lowest BCUT2D eigenvalue weighted by Crippen LogP contribution is -2.30. The number of anilines is 1. The molecule has 1 heterocycles. The van der Waals surface area contributed by atoms with E-state index >= 15 is 0 Å². The number of ether oxygens (including phenoxy) is 2. The fourth-order valence-corrected chi connectivity index (χ4v) is 3.00. The molecule has 7 nitrogen and oxygen atoms in total. The third kappa shape index (κ3) is 5.28. The molecule has 2 amide bonds. The number of nitrogens with two attached hydrogens (primary N) is 1. The Bertz CT molecular complexity index is 861. The van der Waals surface area contributed by atoms with E-state index in [1.165, 1.54) is 0 Å². The number of fused-ring (bicyclic) bond motifs is 1. The second-order valence-electron chi connectivity index (χ2n) is 5.92. The number of para-hydroxylation sites is 1. The van der Waals surface area contributed by atoms with Crippen molar-refractivity contribution in [1.29, 1.82) is 0 Å². The van der Waals surface area contributed by atoms with Crippen LogP contribution in [-0.4, -0.2) is 38.1 Å². The molecule has 0 atom stereocenters. The Kier molecular flexibility index (Phi) is 7.92. The molecular weight excluding hydrogens is 405 g/mol. The summed E-state index contributed by atoms with van der Waals surface area (Å²) in [5.74, 6) is 0.452. The molecule has 0 spiro atoms. The average molecular weight is 426 g/mol. The van der Waals surface area contributed by atoms with Gasteiger partial charge < -0.3 is 25.8 Å². The van der Waals surface area contributed by atoms with Crippen molar-refractivity contribution in [2.75, 3.05) is 31.6 Å². The molecule has 0 bridgehead atoms. The number of halogens is 2. The van der Waals surface area contributed by atoms with Crippen molar-refractivity contribution in [3.63, 3.8) is 0 Å². The lowest BCUT2D eigenvalue weighted by molar-refractivity contribution is -0.115. The number of hydrogen-bond donors (Lipinski definition) is 3. The molecule has 0 fully saturated rings. The standard InChI is InChI=1S/C19H20ClN3O4.ClH/c20-14-9-12(10-16-18(14)27-8-7-26-16)11-17(24)23-15-4-2-1-3-13(15)19(25)22-6-5-21;/h1-4,9-10H,5-8,11,21H2,(H,22,25)(H,23,24);1H. The van der Waals surface area contributed by atoms with E-state index in [-0.39, 0.29) is 30.6 Å². The van der Waals surface area contributed by atoms with Crippen molar-refractivity contribution in [2.24, 2.45) is 5.73 Å². The minimum Gasteiger partial charge on any atom is -0.486 e. The van der Waals surface area contributed by atoms with Crippen molar-refractivity contribution < 1.29 is 19.1 Å². The first-order chi connectivity index (χ1) is 13.1. The van der Waals surface area contributed by atoms with E-state index in [1.54, 1.807) is 36.4 Å². The minimum absolute atomic E-state index is 0. The predicted octanol–water partition coefficient (Wildman–Crippen LogP) is 2.40. The van der Waals surface area contributed by atoms with E-state index in [0.29, 0.717) is 59.6 Å². The van der Waals surface area contributed by atoms with E-state index in [0.717, 1.165) is 0 Å². The van der Waals surface area contributed by atoms with Crippen molar-refractivity contribution in [3.05, 3.63) is 52.5 Å². The maximum atomic E-state index is 12.5. The minimum atomic E-state index is -0.293. The van der Waals surface area contributed by atoms with Gasteiger partial charge in [-0.3, -0.25) is 9.59 Å². The summed E-state index contributed by atoms with van der Waals surface area (Å²) in [5.41, 5.74) is 6.90. The molecule has 0 saturated heterocycles. The third-order valence-electron chi connectivity index (χ3n) is 3.90. The van der Waals surface area contributed by atoms with Crippen molar-refractivity contribution in [1.82, 2.24) is 5.32 Å². The molecule has 150 valence electrons. The zero-order valence-corrected chi connectivity index (χ0v) is 16.6. The number of amides is 2. The van der Waals surface area contributed by atoms with Gasteiger partial charge in [0.15, 0.2) is 11.5 Å². The quantitative estimate of drug-likeness (QED) is 0.659. The van der Waals surface area contributed by atoms with Crippen LogP contribution in [0.2, 0.25) is 5.02 Å². The molecule has 0 radical (unpaired) electrons. The lowest BCUT2D eigenvalue weighted by Gasteiger charge is -2.20. The van der Waals surface area contributed by atoms with Crippen LogP contribution in [0.3, 0.4) is 0 Å². The van der Waals surface area contributed by atoms with Crippen molar-refractivity contribution in [3.8, 4) is 11.5 Å². The highest BCUT2D eigenvalue weighted by Crippen LogP contribution is 2.38. The number of nitrogens with one attached hydrogen (secondary N) is 2. The van der Waals surface area contributed by atoms with Gasteiger partial charge in [0, 0.05) is 13.1 Å². The maximum absolute atomic E-state index is 12.5. The highest BCUT2D eigenvalue weighted by atomic mass is 35.5. The van der Waals surface area contributed by atoms with Gasteiger partial charge in [-0.05, 0) is 29.8 Å². The monoisotopic (exact) mass is 425 g/mol. The highest BCUT2D eigenvalue weighted by Gasteiger charge is 2.18. The Morgan fingerprint density at radius 3 is 2.68 bits per heavy atom. The second kappa shape index (κ2) is 10.2. The van der Waals surface area contributed by atoms with Crippen LogP contribution >= 0.6 is 24.0 Å². The summed E-state index contributed by atoms with van der Waals surface area (Å²) in [7, 11) is 0. The van der Waals surface area contributed by atoms with E-state index in [1.807, 2.05) is 0 Å². The zero-order valence-electron chi connectivity index (χ0n) is 15.0. The fourth-order valence-electron chi connectivity index (χ4n) is 2.72. The van der Waals surface area contributed by atoms with Crippen LogP contribution in [0.1, 0.15) is 15.9 Å². The van der Waals surface area contributed by atoms with Crippen molar-refractivity contribution >= 4 is 41.5 Å². The summed E-state index contributed by atoms with van der Waals surface area (Å²) >= 11 is 6.21. The van der Waals surface area contributed by atoms with Gasteiger partial charge in [0.2, 0.25) is 5.91 Å². The Balaban J connectivity index is 0.00000280. The molecule has 0 saturated carbocycles. The van der Waals surface area contributed by atoms with Crippen LogP contribution in [0.25, 0.3) is 0 Å². The van der Waals surface area contributed by atoms with Crippen LogP contribution in [0.4, 0.5) is 5.69 Å². The first-order valence-electron chi connectivity index (χ1n) is 8.53. The van der Waals surface area contributed by atoms with Crippen LogP contribution in [0.15, 0.2) is 36.4 Å². The van der Waals surface area contributed by atoms with E-state index in [2.05, 4.69) is 10.6 Å². The Labute approximate surface area is 173 Å². The molecule has 3 rings (SSSR count). The topological polar surface area (TPSA) is 103 Å². The van der Waals surface area contributed by atoms with Gasteiger partial charge in [-0.1, -0.05) is 23.7 Å². The van der Waals surface area contributed by atoms with Gasteiger partial charge in [0.25, 0.3) is 5.91 Å². The van der Waals surface area contributed by atoms with Crippen LogP contribution in [-0.2, 0) is 11.2 Å². The highest BCUT2D eigenvalue weighted by molar-refractivity contribution is 6.32. The molecule has 2 aromatic carbocycles. The second-order valence-corrected chi connectivity index (χ2v) is 6.32. The number of benzene rings is 2. The molecule has 0 aliphatic carbocycles. The number of rotatable bonds is 6. The first kappa shape index (κ1) is 21.8. The summed E-state index contributed by atoms with van der Waals surface area (Å²) in [5, 5.41) is 5.86. The maximum Gasteiger partial charge on any atom is 0.253 e. The third-order valence-corrected chi connectivity index (χ3v) is 4.18. The Morgan fingerprint density at radius 1 is 1.14 bits per heavy atom. The summed E-state index contributed by atoms with van der Waals surface area (Å²) in [6, 6.07) is 10.2. The smallest absolute Gasteiger partial charge is 0.253 e. The lowest BCUT2D eigenvalue weighted by atomic mass is 10.1. The Hall–Kier alpha value is -2.48. The van der Waals surface area contributed by atoms with Crippen LogP contribution in [0, 0.1) is 0 Å². The van der Waals surface area contributed by atoms with Crippen LogP contribution < -0.4 is 25.8 Å². The summed E-state index contributed by atoms with van der Waals surface area (Å²) in [6.45, 7) is 1.57. The predicted molar refractivity (Wildman–Crippen MR) is 110 cm³/mol. The molecule has 4 N–H and O–H groups in total. The normalized spacial score (nSPS) is 11.9.